The number of aryl methyl sites for hydroxylation is 1. The zero-order valence-electron chi connectivity index (χ0n) is 24.7. The van der Waals surface area contributed by atoms with Gasteiger partial charge in [0.1, 0.15) is 5.75 Å². The summed E-state index contributed by atoms with van der Waals surface area (Å²) in [6, 6.07) is 16.0. The highest BCUT2D eigenvalue weighted by Gasteiger charge is 2.30. The molecule has 0 aliphatic rings. The fourth-order valence-corrected chi connectivity index (χ4v) is 4.61. The van der Waals surface area contributed by atoms with E-state index in [1.165, 1.54) is 18.2 Å². The molecule has 44 heavy (non-hydrogen) atoms. The lowest BCUT2D eigenvalue weighted by Crippen LogP contribution is -2.22. The first kappa shape index (κ1) is 34.8. The van der Waals surface area contributed by atoms with Gasteiger partial charge in [-0.25, -0.2) is 4.79 Å². The molecule has 0 radical (unpaired) electrons. The van der Waals surface area contributed by atoms with Crippen molar-refractivity contribution in [1.29, 1.82) is 0 Å². The predicted octanol–water partition coefficient (Wildman–Crippen LogP) is 6.77. The van der Waals surface area contributed by atoms with Gasteiger partial charge in [-0.05, 0) is 92.2 Å². The van der Waals surface area contributed by atoms with Crippen LogP contribution in [0.5, 0.6) is 5.75 Å². The van der Waals surface area contributed by atoms with Crippen LogP contribution in [0.3, 0.4) is 0 Å². The van der Waals surface area contributed by atoms with Crippen LogP contribution in [-0.2, 0) is 23.9 Å². The maximum absolute atomic E-state index is 12.9. The fourth-order valence-electron chi connectivity index (χ4n) is 4.61. The first-order chi connectivity index (χ1) is 21.2. The van der Waals surface area contributed by atoms with E-state index in [0.717, 1.165) is 69.2 Å². The summed E-state index contributed by atoms with van der Waals surface area (Å²) in [5.41, 5.74) is 1.88. The summed E-state index contributed by atoms with van der Waals surface area (Å²) in [4.78, 5) is 12.3. The molecule has 3 rings (SSSR count). The SMILES string of the molecule is O=C(Nc1cccc(CCCCOCCCCCCNC[C@H](O)c2ccc(O)c(CO)c2)c1)Nc1cccc(C(F)(F)F)c1. The Morgan fingerprint density at radius 2 is 1.52 bits per heavy atom. The molecule has 0 saturated heterocycles. The Morgan fingerprint density at radius 3 is 2.25 bits per heavy atom. The Labute approximate surface area is 256 Å². The molecule has 6 N–H and O–H groups in total. The number of aromatic hydroxyl groups is 1. The fraction of sp³-hybridized carbons (Fsp3) is 0.424. The predicted molar refractivity (Wildman–Crippen MR) is 165 cm³/mol. The van der Waals surface area contributed by atoms with Crippen LogP contribution >= 0.6 is 0 Å². The van der Waals surface area contributed by atoms with Crippen LogP contribution in [0.2, 0.25) is 0 Å². The number of phenols is 1. The highest BCUT2D eigenvalue weighted by atomic mass is 19.4. The van der Waals surface area contributed by atoms with Gasteiger partial charge in [0.2, 0.25) is 0 Å². The standard InChI is InChI=1S/C33H42F3N3O5/c34-33(35,36)27-11-8-13-29(21-27)39-32(43)38-28-12-7-10-24(19-28)9-3-6-18-44-17-5-2-1-4-16-37-22-31(42)25-14-15-30(41)26(20-25)23-40/h7-8,10-15,19-21,31,37,40-42H,1-6,9,16-18,22-23H2,(H2,38,39,43)/t31-/m0/s1. The van der Waals surface area contributed by atoms with E-state index < -0.39 is 23.9 Å². The van der Waals surface area contributed by atoms with E-state index in [2.05, 4.69) is 16.0 Å². The van der Waals surface area contributed by atoms with Crippen molar-refractivity contribution in [3.8, 4) is 5.75 Å². The number of nitrogens with one attached hydrogen (secondary N) is 3. The lowest BCUT2D eigenvalue weighted by atomic mass is 10.1. The van der Waals surface area contributed by atoms with Crippen molar-refractivity contribution in [1.82, 2.24) is 5.32 Å². The molecule has 0 heterocycles. The molecular formula is C33H42F3N3O5. The summed E-state index contributed by atoms with van der Waals surface area (Å²) in [7, 11) is 0. The van der Waals surface area contributed by atoms with E-state index >= 15 is 0 Å². The first-order valence-corrected chi connectivity index (χ1v) is 14.9. The van der Waals surface area contributed by atoms with E-state index in [1.807, 2.05) is 18.2 Å². The molecule has 240 valence electrons. The lowest BCUT2D eigenvalue weighted by molar-refractivity contribution is -0.137. The number of anilines is 2. The quantitative estimate of drug-likeness (QED) is 0.0876. The maximum Gasteiger partial charge on any atom is 0.416 e. The van der Waals surface area contributed by atoms with Crippen LogP contribution in [0.15, 0.2) is 66.7 Å². The zero-order valence-corrected chi connectivity index (χ0v) is 24.7. The van der Waals surface area contributed by atoms with Gasteiger partial charge in [-0.3, -0.25) is 0 Å². The number of urea groups is 1. The number of rotatable bonds is 18. The number of aliphatic hydroxyl groups excluding tert-OH is 2. The number of hydrogen-bond donors (Lipinski definition) is 6. The van der Waals surface area contributed by atoms with E-state index in [9.17, 15) is 33.3 Å². The van der Waals surface area contributed by atoms with E-state index in [1.54, 1.807) is 18.2 Å². The van der Waals surface area contributed by atoms with Gasteiger partial charge in [0.05, 0.1) is 18.3 Å². The monoisotopic (exact) mass is 617 g/mol. The van der Waals surface area contributed by atoms with Gasteiger partial charge in [0.25, 0.3) is 0 Å². The Morgan fingerprint density at radius 1 is 0.841 bits per heavy atom. The second kappa shape index (κ2) is 18.2. The second-order valence-corrected chi connectivity index (χ2v) is 10.6. The van der Waals surface area contributed by atoms with E-state index in [0.29, 0.717) is 36.6 Å². The number of aliphatic hydroxyl groups is 2. The van der Waals surface area contributed by atoms with Crippen LogP contribution in [0.25, 0.3) is 0 Å². The topological polar surface area (TPSA) is 123 Å². The molecule has 11 heteroatoms. The highest BCUT2D eigenvalue weighted by molar-refractivity contribution is 5.99. The number of carbonyl (C=O) groups is 1. The van der Waals surface area contributed by atoms with Gasteiger partial charge in [0, 0.05) is 36.7 Å². The number of halogens is 3. The lowest BCUT2D eigenvalue weighted by Gasteiger charge is -2.14. The van der Waals surface area contributed by atoms with Crippen LogP contribution < -0.4 is 16.0 Å². The Kier molecular flexibility index (Phi) is 14.4. The minimum atomic E-state index is -4.48. The van der Waals surface area contributed by atoms with Gasteiger partial charge >= 0.3 is 12.2 Å². The van der Waals surface area contributed by atoms with Crippen molar-refractivity contribution < 1.29 is 38.0 Å². The number of carbonyl (C=O) groups excluding carboxylic acids is 1. The molecule has 1 atom stereocenters. The van der Waals surface area contributed by atoms with E-state index in [4.69, 9.17) is 4.74 Å². The molecule has 0 aromatic heterocycles. The maximum atomic E-state index is 12.9. The molecule has 3 aromatic rings. The van der Waals surface area contributed by atoms with Crippen molar-refractivity contribution >= 4 is 17.4 Å². The first-order valence-electron chi connectivity index (χ1n) is 14.9. The Hall–Kier alpha value is -3.64. The third kappa shape index (κ3) is 12.5. The summed E-state index contributed by atoms with van der Waals surface area (Å²) < 4.78 is 44.4. The average Bonchev–Trinajstić information content (AvgIpc) is 2.99. The van der Waals surface area contributed by atoms with Gasteiger partial charge in [-0.15, -0.1) is 0 Å². The second-order valence-electron chi connectivity index (χ2n) is 10.6. The smallest absolute Gasteiger partial charge is 0.416 e. The molecular weight excluding hydrogens is 575 g/mol. The van der Waals surface area contributed by atoms with Crippen molar-refractivity contribution in [2.24, 2.45) is 0 Å². The van der Waals surface area contributed by atoms with Gasteiger partial charge in [-0.2, -0.15) is 13.2 Å². The van der Waals surface area contributed by atoms with Gasteiger partial charge in [-0.1, -0.05) is 37.1 Å². The Bertz CT molecular complexity index is 1310. The number of hydrogen-bond acceptors (Lipinski definition) is 6. The van der Waals surface area contributed by atoms with Crippen molar-refractivity contribution in [2.75, 3.05) is 36.9 Å². The molecule has 2 amide bonds. The third-order valence-electron chi connectivity index (χ3n) is 7.03. The third-order valence-corrected chi connectivity index (χ3v) is 7.03. The van der Waals surface area contributed by atoms with Gasteiger partial charge in [0.15, 0.2) is 0 Å². The van der Waals surface area contributed by atoms with Crippen molar-refractivity contribution in [3.63, 3.8) is 0 Å². The zero-order chi connectivity index (χ0) is 31.8. The summed E-state index contributed by atoms with van der Waals surface area (Å²) in [6.07, 6.45) is 1.54. The molecule has 0 aliphatic carbocycles. The van der Waals surface area contributed by atoms with Crippen LogP contribution in [0.4, 0.5) is 29.3 Å². The summed E-state index contributed by atoms with van der Waals surface area (Å²) in [5, 5.41) is 37.5. The minimum absolute atomic E-state index is 0.0177. The van der Waals surface area contributed by atoms with E-state index in [-0.39, 0.29) is 18.0 Å². The van der Waals surface area contributed by atoms with Crippen LogP contribution in [-0.4, -0.2) is 47.7 Å². The minimum Gasteiger partial charge on any atom is -0.508 e. The van der Waals surface area contributed by atoms with Crippen molar-refractivity contribution in [3.05, 3.63) is 89.0 Å². The summed E-state index contributed by atoms with van der Waals surface area (Å²) >= 11 is 0. The molecule has 0 aliphatic heterocycles. The number of amides is 2. The number of unbranched alkanes of at least 4 members (excludes halogenated alkanes) is 4. The number of alkyl halides is 3. The molecule has 0 saturated carbocycles. The summed E-state index contributed by atoms with van der Waals surface area (Å²) in [6.45, 7) is 2.30. The number of benzene rings is 3. The highest BCUT2D eigenvalue weighted by Crippen LogP contribution is 2.30. The van der Waals surface area contributed by atoms with Gasteiger partial charge < -0.3 is 36.0 Å². The normalized spacial score (nSPS) is 12.2. The molecule has 3 aromatic carbocycles. The molecule has 0 unspecified atom stereocenters. The molecule has 0 fully saturated rings. The molecule has 8 nitrogen and oxygen atoms in total. The molecule has 0 spiro atoms. The van der Waals surface area contributed by atoms with Crippen LogP contribution in [0.1, 0.15) is 66.9 Å². The Balaban J connectivity index is 1.19. The summed E-state index contributed by atoms with van der Waals surface area (Å²) in [5.74, 6) is 0.0177. The van der Waals surface area contributed by atoms with Crippen molar-refractivity contribution in [2.45, 2.75) is 63.8 Å². The number of ether oxygens (including phenoxy) is 1. The largest absolute Gasteiger partial charge is 0.508 e. The molecule has 0 bridgehead atoms. The average molecular weight is 618 g/mol. The van der Waals surface area contributed by atoms with Crippen LogP contribution in [0, 0.1) is 0 Å².